The highest BCUT2D eigenvalue weighted by Crippen LogP contribution is 2.31. The van der Waals surface area contributed by atoms with Gasteiger partial charge in [0.15, 0.2) is 0 Å². The predicted molar refractivity (Wildman–Crippen MR) is 122 cm³/mol. The van der Waals surface area contributed by atoms with Crippen molar-refractivity contribution in [3.05, 3.63) is 88.7 Å². The molecule has 2 aromatic carbocycles. The molecular weight excluding hydrogens is 354 g/mol. The summed E-state index contributed by atoms with van der Waals surface area (Å²) in [4.78, 5) is 0. The zero-order valence-electron chi connectivity index (χ0n) is 18.3. The van der Waals surface area contributed by atoms with Crippen LogP contribution in [-0.2, 0) is 4.74 Å². The van der Waals surface area contributed by atoms with Crippen LogP contribution in [0.3, 0.4) is 0 Å². The number of allylic oxidation sites excluding steroid dienone is 1. The number of aryl methyl sites for hydroxylation is 2. The molecule has 0 amide bonds. The minimum absolute atomic E-state index is 0.457. The minimum atomic E-state index is 0.457. The summed E-state index contributed by atoms with van der Waals surface area (Å²) in [6.45, 7) is 13.2. The van der Waals surface area contributed by atoms with Crippen molar-refractivity contribution < 1.29 is 4.74 Å². The van der Waals surface area contributed by atoms with E-state index in [1.807, 2.05) is 0 Å². The number of nitriles is 1. The Labute approximate surface area is 176 Å². The van der Waals surface area contributed by atoms with Gasteiger partial charge in [-0.2, -0.15) is 5.26 Å². The zero-order valence-corrected chi connectivity index (χ0v) is 18.3. The third-order valence-electron chi connectivity index (χ3n) is 5.36. The largest absolute Gasteiger partial charge is 0.493 e. The van der Waals surface area contributed by atoms with Crippen LogP contribution in [0.25, 0.3) is 5.57 Å². The van der Waals surface area contributed by atoms with Crippen molar-refractivity contribution in [2.45, 2.75) is 53.4 Å². The van der Waals surface area contributed by atoms with Crippen LogP contribution in [0.15, 0.2) is 66.4 Å². The summed E-state index contributed by atoms with van der Waals surface area (Å²) in [5.41, 5.74) is 5.75. The van der Waals surface area contributed by atoms with Gasteiger partial charge in [-0.05, 0) is 37.3 Å². The Morgan fingerprint density at radius 3 is 1.90 bits per heavy atom. The van der Waals surface area contributed by atoms with Crippen molar-refractivity contribution >= 4 is 5.57 Å². The second kappa shape index (κ2) is 11.3. The first kappa shape index (κ1) is 22.5. The van der Waals surface area contributed by atoms with Gasteiger partial charge in [-0.1, -0.05) is 99.3 Å². The van der Waals surface area contributed by atoms with Gasteiger partial charge < -0.3 is 4.74 Å². The van der Waals surface area contributed by atoms with Gasteiger partial charge in [0.1, 0.15) is 17.4 Å². The highest BCUT2D eigenvalue weighted by Gasteiger charge is 2.17. The Balaban J connectivity index is 2.40. The Morgan fingerprint density at radius 2 is 1.48 bits per heavy atom. The van der Waals surface area contributed by atoms with Crippen LogP contribution >= 0.6 is 0 Å². The SMILES string of the molecule is C=C(OCC(CC)CCCC)C(C#N)=C(c1ccc(C)cc1)c1ccc(C)cc1. The molecule has 1 atom stereocenters. The van der Waals surface area contributed by atoms with Crippen LogP contribution in [0.5, 0.6) is 0 Å². The zero-order chi connectivity index (χ0) is 21.2. The molecule has 2 nitrogen and oxygen atoms in total. The fraction of sp³-hybridized carbons (Fsp3) is 0.370. The molecule has 0 saturated carbocycles. The fourth-order valence-corrected chi connectivity index (χ4v) is 3.34. The Bertz CT molecular complexity index is 819. The molecule has 0 heterocycles. The Morgan fingerprint density at radius 1 is 0.966 bits per heavy atom. The lowest BCUT2D eigenvalue weighted by molar-refractivity contribution is 0.164. The van der Waals surface area contributed by atoms with Crippen molar-refractivity contribution in [1.29, 1.82) is 5.26 Å². The quantitative estimate of drug-likeness (QED) is 0.242. The van der Waals surface area contributed by atoms with Crippen LogP contribution in [-0.4, -0.2) is 6.61 Å². The number of hydrogen-bond acceptors (Lipinski definition) is 2. The second-order valence-electron chi connectivity index (χ2n) is 7.74. The standard InChI is InChI=1S/C27H33NO/c1-6-8-9-23(7-2)19-29-22(5)26(18-28)27(24-14-10-20(3)11-15-24)25-16-12-21(4)13-17-25/h10-17,23H,5-9,19H2,1-4H3. The van der Waals surface area contributed by atoms with Crippen molar-refractivity contribution in [2.24, 2.45) is 5.92 Å². The summed E-state index contributed by atoms with van der Waals surface area (Å²) < 4.78 is 6.04. The van der Waals surface area contributed by atoms with Gasteiger partial charge in [0.25, 0.3) is 0 Å². The summed E-state index contributed by atoms with van der Waals surface area (Å²) in [6, 6.07) is 18.9. The molecule has 2 aromatic rings. The molecule has 0 saturated heterocycles. The third kappa shape index (κ3) is 6.36. The number of rotatable bonds is 10. The topological polar surface area (TPSA) is 33.0 Å². The van der Waals surface area contributed by atoms with Gasteiger partial charge in [-0.3, -0.25) is 0 Å². The maximum Gasteiger partial charge on any atom is 0.130 e. The lowest BCUT2D eigenvalue weighted by Gasteiger charge is -2.19. The molecule has 29 heavy (non-hydrogen) atoms. The molecule has 0 N–H and O–H groups in total. The molecular formula is C27H33NO. The minimum Gasteiger partial charge on any atom is -0.493 e. The predicted octanol–water partition coefficient (Wildman–Crippen LogP) is 7.38. The monoisotopic (exact) mass is 387 g/mol. The van der Waals surface area contributed by atoms with E-state index in [1.165, 1.54) is 24.0 Å². The van der Waals surface area contributed by atoms with Crippen molar-refractivity contribution in [3.63, 3.8) is 0 Å². The highest BCUT2D eigenvalue weighted by molar-refractivity contribution is 5.86. The maximum atomic E-state index is 10.0. The highest BCUT2D eigenvalue weighted by atomic mass is 16.5. The summed E-state index contributed by atoms with van der Waals surface area (Å²) in [5, 5.41) is 10.0. The van der Waals surface area contributed by atoms with Crippen LogP contribution in [0.1, 0.15) is 61.8 Å². The van der Waals surface area contributed by atoms with E-state index in [2.05, 4.69) is 88.9 Å². The summed E-state index contributed by atoms with van der Waals surface area (Å²) in [7, 11) is 0. The Hall–Kier alpha value is -2.79. The van der Waals surface area contributed by atoms with Crippen molar-refractivity contribution in [3.8, 4) is 6.07 Å². The Kier molecular flexibility index (Phi) is 8.74. The average molecular weight is 388 g/mol. The second-order valence-corrected chi connectivity index (χ2v) is 7.74. The molecule has 0 aliphatic carbocycles. The smallest absolute Gasteiger partial charge is 0.130 e. The lowest BCUT2D eigenvalue weighted by atomic mass is 9.91. The molecule has 0 bridgehead atoms. The van der Waals surface area contributed by atoms with Gasteiger partial charge in [0.2, 0.25) is 0 Å². The number of nitrogens with zero attached hydrogens (tertiary/aromatic N) is 1. The van der Waals surface area contributed by atoms with E-state index >= 15 is 0 Å². The fourth-order valence-electron chi connectivity index (χ4n) is 3.34. The van der Waals surface area contributed by atoms with E-state index in [9.17, 15) is 5.26 Å². The average Bonchev–Trinajstić information content (AvgIpc) is 2.73. The molecule has 0 fully saturated rings. The maximum absolute atomic E-state index is 10.0. The molecule has 1 unspecified atom stereocenters. The van der Waals surface area contributed by atoms with Gasteiger partial charge in [-0.25, -0.2) is 0 Å². The molecule has 2 rings (SSSR count). The number of ether oxygens (including phenoxy) is 1. The van der Waals surface area contributed by atoms with Crippen LogP contribution < -0.4 is 0 Å². The van der Waals surface area contributed by atoms with E-state index in [0.29, 0.717) is 23.9 Å². The molecule has 0 aromatic heterocycles. The van der Waals surface area contributed by atoms with Gasteiger partial charge in [-0.15, -0.1) is 0 Å². The molecule has 0 aliphatic rings. The first-order chi connectivity index (χ1) is 14.0. The first-order valence-corrected chi connectivity index (χ1v) is 10.6. The molecule has 0 spiro atoms. The number of unbranched alkanes of at least 4 members (excludes halogenated alkanes) is 1. The third-order valence-corrected chi connectivity index (χ3v) is 5.36. The summed E-state index contributed by atoms with van der Waals surface area (Å²) in [6.07, 6.45) is 4.61. The summed E-state index contributed by atoms with van der Waals surface area (Å²) in [5.74, 6) is 0.951. The van der Waals surface area contributed by atoms with Gasteiger partial charge in [0, 0.05) is 5.57 Å². The van der Waals surface area contributed by atoms with E-state index in [0.717, 1.165) is 29.5 Å². The lowest BCUT2D eigenvalue weighted by Crippen LogP contribution is -2.10. The molecule has 2 heteroatoms. The van der Waals surface area contributed by atoms with Crippen LogP contribution in [0, 0.1) is 31.1 Å². The van der Waals surface area contributed by atoms with E-state index in [-0.39, 0.29) is 0 Å². The number of benzene rings is 2. The van der Waals surface area contributed by atoms with Gasteiger partial charge in [0.05, 0.1) is 6.61 Å². The molecule has 152 valence electrons. The van der Waals surface area contributed by atoms with E-state index in [1.54, 1.807) is 0 Å². The molecule has 0 radical (unpaired) electrons. The first-order valence-electron chi connectivity index (χ1n) is 10.6. The molecule has 0 aliphatic heterocycles. The van der Waals surface area contributed by atoms with Crippen molar-refractivity contribution in [1.82, 2.24) is 0 Å². The van der Waals surface area contributed by atoms with Crippen LogP contribution in [0.4, 0.5) is 0 Å². The summed E-state index contributed by atoms with van der Waals surface area (Å²) >= 11 is 0. The number of hydrogen-bond donors (Lipinski definition) is 0. The van der Waals surface area contributed by atoms with Gasteiger partial charge >= 0.3 is 0 Å². The van der Waals surface area contributed by atoms with Crippen molar-refractivity contribution in [2.75, 3.05) is 6.61 Å². The normalized spacial score (nSPS) is 11.4. The van der Waals surface area contributed by atoms with Crippen LogP contribution in [0.2, 0.25) is 0 Å². The van der Waals surface area contributed by atoms with E-state index < -0.39 is 0 Å². The van der Waals surface area contributed by atoms with E-state index in [4.69, 9.17) is 4.74 Å².